The third-order valence-corrected chi connectivity index (χ3v) is 7.31. The molecule has 2 aromatic carbocycles. The summed E-state index contributed by atoms with van der Waals surface area (Å²) in [6, 6.07) is 12.0. The molecule has 7 nitrogen and oxygen atoms in total. The van der Waals surface area contributed by atoms with Crippen LogP contribution in [0, 0.1) is 0 Å². The Balaban J connectivity index is 1.52. The van der Waals surface area contributed by atoms with E-state index >= 15 is 0 Å². The third kappa shape index (κ3) is 4.19. The van der Waals surface area contributed by atoms with Crippen LogP contribution in [0.2, 0.25) is 0 Å². The van der Waals surface area contributed by atoms with E-state index in [0.717, 1.165) is 33.2 Å². The lowest BCUT2D eigenvalue weighted by atomic mass is 9.77. The Morgan fingerprint density at radius 3 is 2.60 bits per heavy atom. The van der Waals surface area contributed by atoms with Gasteiger partial charge in [-0.2, -0.15) is 0 Å². The van der Waals surface area contributed by atoms with Crippen molar-refractivity contribution < 1.29 is 28.0 Å². The summed E-state index contributed by atoms with van der Waals surface area (Å²) in [5.74, 6) is 0.445. The van der Waals surface area contributed by atoms with Crippen molar-refractivity contribution in [2.75, 3.05) is 25.1 Å². The van der Waals surface area contributed by atoms with Crippen molar-refractivity contribution in [1.29, 1.82) is 0 Å². The Kier molecular flexibility index (Phi) is 5.84. The van der Waals surface area contributed by atoms with E-state index in [9.17, 15) is 4.79 Å². The number of para-hydroxylation sites is 1. The van der Waals surface area contributed by atoms with Crippen LogP contribution in [-0.4, -0.2) is 44.5 Å². The molecule has 0 spiro atoms. The zero-order valence-corrected chi connectivity index (χ0v) is 21.2. The molecule has 35 heavy (non-hydrogen) atoms. The maximum absolute atomic E-state index is 12.2. The van der Waals surface area contributed by atoms with Gasteiger partial charge in [0.2, 0.25) is 0 Å². The molecule has 1 unspecified atom stereocenters. The zero-order valence-electron chi connectivity index (χ0n) is 21.2. The molecule has 1 aromatic heterocycles. The van der Waals surface area contributed by atoms with Crippen LogP contribution >= 0.6 is 0 Å². The van der Waals surface area contributed by atoms with Gasteiger partial charge in [-0.05, 0) is 58.4 Å². The molecule has 0 radical (unpaired) electrons. The summed E-state index contributed by atoms with van der Waals surface area (Å²) < 4.78 is 30.3. The summed E-state index contributed by atoms with van der Waals surface area (Å²) >= 11 is 0. The molecule has 1 atom stereocenters. The van der Waals surface area contributed by atoms with Crippen LogP contribution in [0.4, 0.5) is 5.69 Å². The largest absolute Gasteiger partial charge is 0.498 e. The van der Waals surface area contributed by atoms with E-state index in [1.807, 2.05) is 65.9 Å². The molecule has 5 rings (SSSR count). The predicted molar refractivity (Wildman–Crippen MR) is 135 cm³/mol. The van der Waals surface area contributed by atoms with Crippen LogP contribution in [0.3, 0.4) is 0 Å². The van der Waals surface area contributed by atoms with E-state index in [-0.39, 0.29) is 18.5 Å². The average molecular weight is 477 g/mol. The molecule has 0 aliphatic carbocycles. The van der Waals surface area contributed by atoms with Gasteiger partial charge in [-0.15, -0.1) is 0 Å². The van der Waals surface area contributed by atoms with Crippen LogP contribution in [0.1, 0.15) is 51.8 Å². The second-order valence-electron chi connectivity index (χ2n) is 10.3. The van der Waals surface area contributed by atoms with E-state index in [4.69, 9.17) is 23.2 Å². The van der Waals surface area contributed by atoms with Crippen LogP contribution in [0.5, 0.6) is 5.75 Å². The summed E-state index contributed by atoms with van der Waals surface area (Å²) in [5, 5.41) is 0.962. The Morgan fingerprint density at radius 2 is 1.89 bits per heavy atom. The van der Waals surface area contributed by atoms with Gasteiger partial charge in [0, 0.05) is 23.5 Å². The Hall–Kier alpha value is -2.97. The van der Waals surface area contributed by atoms with Crippen molar-refractivity contribution in [3.63, 3.8) is 0 Å². The second kappa shape index (κ2) is 8.61. The van der Waals surface area contributed by atoms with Crippen molar-refractivity contribution in [3.05, 3.63) is 53.8 Å². The van der Waals surface area contributed by atoms with Crippen LogP contribution in [0.25, 0.3) is 11.0 Å². The molecule has 1 fully saturated rings. The first kappa shape index (κ1) is 23.8. The highest BCUT2D eigenvalue weighted by Gasteiger charge is 2.52. The standard InChI is InChI=1S/C27H32BNO6/c1-7-31-23(30)15-17-9-8-10-21-25(17)33-22(16-29(21)6)19-13-18-11-12-32-24(18)20(14-19)28-34-26(2,3)27(4,5)35-28/h8-14,22H,7,15-16H2,1-6H3. The lowest BCUT2D eigenvalue weighted by Crippen LogP contribution is -2.41. The van der Waals surface area contributed by atoms with Crippen molar-refractivity contribution in [1.82, 2.24) is 0 Å². The van der Waals surface area contributed by atoms with Crippen molar-refractivity contribution in [2.24, 2.45) is 0 Å². The number of carbonyl (C=O) groups excluding carboxylic acids is 1. The number of benzene rings is 2. The highest BCUT2D eigenvalue weighted by molar-refractivity contribution is 6.64. The van der Waals surface area contributed by atoms with Crippen molar-refractivity contribution >= 4 is 35.2 Å². The van der Waals surface area contributed by atoms with Gasteiger partial charge >= 0.3 is 13.1 Å². The Bertz CT molecular complexity index is 1250. The van der Waals surface area contributed by atoms with E-state index in [0.29, 0.717) is 18.9 Å². The number of esters is 1. The molecule has 8 heteroatoms. The summed E-state index contributed by atoms with van der Waals surface area (Å²) in [7, 11) is 1.48. The molecule has 1 saturated heterocycles. The monoisotopic (exact) mass is 477 g/mol. The number of rotatable bonds is 5. The van der Waals surface area contributed by atoms with Gasteiger partial charge in [-0.25, -0.2) is 0 Å². The summed E-state index contributed by atoms with van der Waals surface area (Å²) in [6.45, 7) is 11.0. The minimum absolute atomic E-state index is 0.164. The zero-order chi connectivity index (χ0) is 25.0. The molecule has 2 aliphatic rings. The molecule has 0 bridgehead atoms. The molecule has 0 saturated carbocycles. The van der Waals surface area contributed by atoms with Crippen molar-refractivity contribution in [2.45, 2.75) is 58.3 Å². The highest BCUT2D eigenvalue weighted by Crippen LogP contribution is 2.41. The van der Waals surface area contributed by atoms with Gasteiger partial charge in [0.15, 0.2) is 0 Å². The minimum Gasteiger partial charge on any atom is -0.481 e. The third-order valence-electron chi connectivity index (χ3n) is 7.31. The maximum Gasteiger partial charge on any atom is 0.498 e. The maximum atomic E-state index is 12.2. The second-order valence-corrected chi connectivity index (χ2v) is 10.3. The van der Waals surface area contributed by atoms with Crippen LogP contribution in [-0.2, 0) is 25.3 Å². The van der Waals surface area contributed by atoms with E-state index < -0.39 is 18.3 Å². The molecular formula is C27H32BNO6. The molecule has 2 aliphatic heterocycles. The number of anilines is 1. The number of furan rings is 1. The fraction of sp³-hybridized carbons (Fsp3) is 0.444. The SMILES string of the molecule is CCOC(=O)Cc1cccc2c1OC(c1cc(B3OC(C)(C)C(C)(C)O3)c3occc3c1)CN2C. The van der Waals surface area contributed by atoms with Gasteiger partial charge < -0.3 is 28.1 Å². The number of fused-ring (bicyclic) bond motifs is 2. The minimum atomic E-state index is -0.554. The van der Waals surface area contributed by atoms with E-state index in [1.165, 1.54) is 0 Å². The highest BCUT2D eigenvalue weighted by atomic mass is 16.7. The van der Waals surface area contributed by atoms with Crippen molar-refractivity contribution in [3.8, 4) is 5.75 Å². The van der Waals surface area contributed by atoms with E-state index in [2.05, 4.69) is 17.0 Å². The first-order valence-corrected chi connectivity index (χ1v) is 12.1. The number of carbonyl (C=O) groups is 1. The topological polar surface area (TPSA) is 70.4 Å². The smallest absolute Gasteiger partial charge is 0.481 e. The predicted octanol–water partition coefficient (Wildman–Crippen LogP) is 4.41. The normalized spacial score (nSPS) is 20.6. The molecule has 0 N–H and O–H groups in total. The lowest BCUT2D eigenvalue weighted by Gasteiger charge is -2.35. The molecular weight excluding hydrogens is 445 g/mol. The average Bonchev–Trinajstić information content (AvgIpc) is 3.34. The van der Waals surface area contributed by atoms with Gasteiger partial charge in [0.1, 0.15) is 17.4 Å². The first-order chi connectivity index (χ1) is 16.6. The Morgan fingerprint density at radius 1 is 1.14 bits per heavy atom. The molecule has 3 heterocycles. The molecule has 0 amide bonds. The molecule has 3 aromatic rings. The summed E-state index contributed by atoms with van der Waals surface area (Å²) in [6.07, 6.45) is 1.60. The lowest BCUT2D eigenvalue weighted by molar-refractivity contribution is -0.142. The van der Waals surface area contributed by atoms with Gasteiger partial charge in [0.05, 0.1) is 42.7 Å². The summed E-state index contributed by atoms with van der Waals surface area (Å²) in [5.41, 5.74) is 3.43. The number of ether oxygens (including phenoxy) is 2. The van der Waals surface area contributed by atoms with Crippen LogP contribution in [0.15, 0.2) is 47.1 Å². The summed E-state index contributed by atoms with van der Waals surface area (Å²) in [4.78, 5) is 14.4. The molecule has 184 valence electrons. The number of hydrogen-bond acceptors (Lipinski definition) is 7. The van der Waals surface area contributed by atoms with Gasteiger partial charge in [-0.3, -0.25) is 4.79 Å². The number of likely N-dealkylation sites (N-methyl/N-ethyl adjacent to an activating group) is 1. The Labute approximate surface area is 206 Å². The quantitative estimate of drug-likeness (QED) is 0.398. The van der Waals surface area contributed by atoms with E-state index in [1.54, 1.807) is 6.26 Å². The fourth-order valence-corrected chi connectivity index (χ4v) is 4.68. The fourth-order valence-electron chi connectivity index (χ4n) is 4.68. The number of nitrogens with zero attached hydrogens (tertiary/aromatic N) is 1. The van der Waals surface area contributed by atoms with Crippen LogP contribution < -0.4 is 15.1 Å². The first-order valence-electron chi connectivity index (χ1n) is 12.1. The van der Waals surface area contributed by atoms with Gasteiger partial charge in [0.25, 0.3) is 0 Å². The number of hydrogen-bond donors (Lipinski definition) is 0. The van der Waals surface area contributed by atoms with Gasteiger partial charge in [-0.1, -0.05) is 18.2 Å².